The Morgan fingerprint density at radius 2 is 2.32 bits per heavy atom. The van der Waals surface area contributed by atoms with Gasteiger partial charge in [0.2, 0.25) is 5.91 Å². The monoisotopic (exact) mass is 301 g/mol. The molecule has 0 saturated carbocycles. The molecule has 6 nitrogen and oxygen atoms in total. The number of pyridine rings is 1. The molecule has 2 aromatic heterocycles. The Balaban J connectivity index is 1.91. The Morgan fingerprint density at radius 1 is 1.45 bits per heavy atom. The van der Waals surface area contributed by atoms with Crippen molar-refractivity contribution in [2.75, 3.05) is 0 Å². The van der Waals surface area contributed by atoms with Crippen LogP contribution in [0.15, 0.2) is 30.9 Å². The fraction of sp³-hybridized carbons (Fsp3) is 0.500. The van der Waals surface area contributed by atoms with Crippen molar-refractivity contribution in [1.82, 2.24) is 25.1 Å². The molecule has 0 radical (unpaired) electrons. The summed E-state index contributed by atoms with van der Waals surface area (Å²) in [5.41, 5.74) is 1.06. The van der Waals surface area contributed by atoms with Gasteiger partial charge in [-0.15, -0.1) is 10.2 Å². The summed E-state index contributed by atoms with van der Waals surface area (Å²) < 4.78 is 1.84. The van der Waals surface area contributed by atoms with Gasteiger partial charge < -0.3 is 9.88 Å². The molecular weight excluding hydrogens is 278 g/mol. The quantitative estimate of drug-likeness (QED) is 0.811. The highest BCUT2D eigenvalue weighted by Crippen LogP contribution is 2.18. The maximum Gasteiger partial charge on any atom is 0.220 e. The van der Waals surface area contributed by atoms with Gasteiger partial charge in [-0.1, -0.05) is 25.8 Å². The lowest BCUT2D eigenvalue weighted by atomic mass is 10.0. The molecule has 0 aliphatic carbocycles. The van der Waals surface area contributed by atoms with Gasteiger partial charge in [0.05, 0.1) is 6.04 Å². The van der Waals surface area contributed by atoms with Crippen molar-refractivity contribution in [3.05, 3.63) is 42.2 Å². The first-order valence-corrected chi connectivity index (χ1v) is 7.73. The SMILES string of the molecule is CCCC[C@H](NC(=O)CCc1nncn1C)c1cccnc1. The van der Waals surface area contributed by atoms with Crippen LogP contribution in [0.3, 0.4) is 0 Å². The molecule has 2 aromatic rings. The van der Waals surface area contributed by atoms with Crippen LogP contribution < -0.4 is 5.32 Å². The van der Waals surface area contributed by atoms with E-state index in [1.165, 1.54) is 0 Å². The van der Waals surface area contributed by atoms with E-state index in [0.29, 0.717) is 12.8 Å². The van der Waals surface area contributed by atoms with E-state index in [0.717, 1.165) is 30.7 Å². The topological polar surface area (TPSA) is 72.7 Å². The zero-order valence-electron chi connectivity index (χ0n) is 13.2. The number of nitrogens with one attached hydrogen (secondary N) is 1. The normalized spacial score (nSPS) is 12.1. The van der Waals surface area contributed by atoms with Crippen LogP contribution in [-0.4, -0.2) is 25.7 Å². The summed E-state index contributed by atoms with van der Waals surface area (Å²) in [5.74, 6) is 0.856. The molecule has 6 heteroatoms. The van der Waals surface area contributed by atoms with Gasteiger partial charge in [0.15, 0.2) is 0 Å². The van der Waals surface area contributed by atoms with E-state index in [4.69, 9.17) is 0 Å². The fourth-order valence-electron chi connectivity index (χ4n) is 2.34. The maximum absolute atomic E-state index is 12.2. The number of unbranched alkanes of at least 4 members (excludes halogenated alkanes) is 1. The van der Waals surface area contributed by atoms with Gasteiger partial charge in [-0.05, 0) is 18.1 Å². The van der Waals surface area contributed by atoms with Crippen molar-refractivity contribution in [2.24, 2.45) is 7.05 Å². The van der Waals surface area contributed by atoms with Gasteiger partial charge in [-0.25, -0.2) is 0 Å². The lowest BCUT2D eigenvalue weighted by molar-refractivity contribution is -0.121. The molecule has 1 atom stereocenters. The number of hydrogen-bond donors (Lipinski definition) is 1. The Morgan fingerprint density at radius 3 is 2.95 bits per heavy atom. The fourth-order valence-corrected chi connectivity index (χ4v) is 2.34. The Labute approximate surface area is 131 Å². The molecule has 0 saturated heterocycles. The lowest BCUT2D eigenvalue weighted by Crippen LogP contribution is -2.29. The Bertz CT molecular complexity index is 581. The number of carbonyl (C=O) groups excluding carboxylic acids is 1. The molecule has 0 aliphatic rings. The first-order chi connectivity index (χ1) is 10.7. The molecular formula is C16H23N5O. The maximum atomic E-state index is 12.2. The van der Waals surface area contributed by atoms with Crippen LogP contribution in [0, 0.1) is 0 Å². The highest BCUT2D eigenvalue weighted by molar-refractivity contribution is 5.76. The molecule has 0 bridgehead atoms. The van der Waals surface area contributed by atoms with Crippen molar-refractivity contribution >= 4 is 5.91 Å². The number of nitrogens with zero attached hydrogens (tertiary/aromatic N) is 4. The highest BCUT2D eigenvalue weighted by Gasteiger charge is 2.15. The van der Waals surface area contributed by atoms with Crippen molar-refractivity contribution < 1.29 is 4.79 Å². The Hall–Kier alpha value is -2.24. The third-order valence-corrected chi connectivity index (χ3v) is 3.65. The summed E-state index contributed by atoms with van der Waals surface area (Å²) in [6.45, 7) is 2.15. The molecule has 1 amide bonds. The van der Waals surface area contributed by atoms with Crippen LogP contribution in [0.4, 0.5) is 0 Å². The zero-order chi connectivity index (χ0) is 15.8. The minimum absolute atomic E-state index is 0.0284. The van der Waals surface area contributed by atoms with E-state index >= 15 is 0 Å². The second-order valence-corrected chi connectivity index (χ2v) is 5.41. The summed E-state index contributed by atoms with van der Waals surface area (Å²) in [4.78, 5) is 16.4. The molecule has 22 heavy (non-hydrogen) atoms. The van der Waals surface area contributed by atoms with E-state index in [9.17, 15) is 4.79 Å². The van der Waals surface area contributed by atoms with Crippen molar-refractivity contribution in [3.8, 4) is 0 Å². The summed E-state index contributed by atoms with van der Waals surface area (Å²) in [5, 5.41) is 10.9. The van der Waals surface area contributed by atoms with Gasteiger partial charge in [0, 0.05) is 32.3 Å². The van der Waals surface area contributed by atoms with Crippen molar-refractivity contribution in [3.63, 3.8) is 0 Å². The molecule has 0 aromatic carbocycles. The minimum atomic E-state index is 0.0284. The zero-order valence-corrected chi connectivity index (χ0v) is 13.2. The van der Waals surface area contributed by atoms with Gasteiger partial charge in [-0.3, -0.25) is 9.78 Å². The molecule has 118 valence electrons. The van der Waals surface area contributed by atoms with E-state index in [1.807, 2.05) is 29.9 Å². The van der Waals surface area contributed by atoms with Gasteiger partial charge in [0.25, 0.3) is 0 Å². The van der Waals surface area contributed by atoms with E-state index in [2.05, 4.69) is 27.4 Å². The summed E-state index contributed by atoms with van der Waals surface area (Å²) in [6, 6.07) is 3.94. The molecule has 2 heterocycles. The third kappa shape index (κ3) is 4.65. The van der Waals surface area contributed by atoms with Crippen LogP contribution in [0.1, 0.15) is 50.0 Å². The van der Waals surface area contributed by atoms with Crippen molar-refractivity contribution in [1.29, 1.82) is 0 Å². The summed E-state index contributed by atoms with van der Waals surface area (Å²) in [6.07, 6.45) is 9.32. The van der Waals surface area contributed by atoms with Crippen LogP contribution in [0.25, 0.3) is 0 Å². The van der Waals surface area contributed by atoms with Crippen LogP contribution in [-0.2, 0) is 18.3 Å². The second-order valence-electron chi connectivity index (χ2n) is 5.41. The number of amides is 1. The number of aryl methyl sites for hydroxylation is 2. The average molecular weight is 301 g/mol. The number of rotatable bonds is 8. The standard InChI is InChI=1S/C16H23N5O/c1-3-4-7-14(13-6-5-10-17-11-13)19-16(22)9-8-15-20-18-12-21(15)2/h5-6,10-12,14H,3-4,7-9H2,1-2H3,(H,19,22)/t14-/m0/s1. The van der Waals surface area contributed by atoms with Gasteiger partial charge >= 0.3 is 0 Å². The summed E-state index contributed by atoms with van der Waals surface area (Å²) >= 11 is 0. The van der Waals surface area contributed by atoms with Crippen LogP contribution in [0.5, 0.6) is 0 Å². The third-order valence-electron chi connectivity index (χ3n) is 3.65. The minimum Gasteiger partial charge on any atom is -0.349 e. The van der Waals surface area contributed by atoms with Gasteiger partial charge in [0.1, 0.15) is 12.2 Å². The molecule has 1 N–H and O–H groups in total. The Kier molecular flexibility index (Phi) is 6.06. The smallest absolute Gasteiger partial charge is 0.220 e. The molecule has 2 rings (SSSR count). The second kappa shape index (κ2) is 8.26. The summed E-state index contributed by atoms with van der Waals surface area (Å²) in [7, 11) is 1.88. The number of hydrogen-bond acceptors (Lipinski definition) is 4. The van der Waals surface area contributed by atoms with Crippen LogP contribution in [0.2, 0.25) is 0 Å². The molecule has 0 aliphatic heterocycles. The molecule has 0 fully saturated rings. The average Bonchev–Trinajstić information content (AvgIpc) is 2.95. The van der Waals surface area contributed by atoms with E-state index < -0.39 is 0 Å². The molecule has 0 unspecified atom stereocenters. The first kappa shape index (κ1) is 16.1. The van der Waals surface area contributed by atoms with E-state index in [-0.39, 0.29) is 11.9 Å². The number of aromatic nitrogens is 4. The van der Waals surface area contributed by atoms with Crippen LogP contribution >= 0.6 is 0 Å². The molecule has 0 spiro atoms. The predicted octanol–water partition coefficient (Wildman–Crippen LogP) is 2.19. The predicted molar refractivity (Wildman–Crippen MR) is 84.0 cm³/mol. The lowest BCUT2D eigenvalue weighted by Gasteiger charge is -2.18. The largest absolute Gasteiger partial charge is 0.349 e. The van der Waals surface area contributed by atoms with Gasteiger partial charge in [-0.2, -0.15) is 0 Å². The van der Waals surface area contributed by atoms with Crippen molar-refractivity contribution in [2.45, 2.75) is 45.1 Å². The highest BCUT2D eigenvalue weighted by atomic mass is 16.1. The van der Waals surface area contributed by atoms with E-state index in [1.54, 1.807) is 12.5 Å². The number of carbonyl (C=O) groups is 1. The first-order valence-electron chi connectivity index (χ1n) is 7.73.